The Labute approximate surface area is 228 Å². The Hall–Kier alpha value is -3.09. The summed E-state index contributed by atoms with van der Waals surface area (Å²) >= 11 is 2.10. The molecule has 204 valence electrons. The second-order valence-electron chi connectivity index (χ2n) is 9.59. The van der Waals surface area contributed by atoms with Gasteiger partial charge in [-0.25, -0.2) is 14.6 Å². The van der Waals surface area contributed by atoms with Crippen molar-refractivity contribution in [3.63, 3.8) is 0 Å². The standard InChI is InChI=1S/C26H32N4O6S2/c1-6-35-25(33)18-14(3)20(26(34)36-15-10-8-7-9-11-15)38-24(18)29-22(32)19-13(2)17-21(31)27-16(12-30(4)5)28-23(17)37-19/h15H,6-12H2,1-5H3,(H,29,32)(H,27,28,31). The number of anilines is 1. The van der Waals surface area contributed by atoms with Gasteiger partial charge in [0.2, 0.25) is 0 Å². The average molecular weight is 561 g/mol. The Kier molecular flexibility index (Phi) is 8.64. The molecule has 0 aromatic carbocycles. The minimum Gasteiger partial charge on any atom is -0.462 e. The van der Waals surface area contributed by atoms with E-state index in [2.05, 4.69) is 15.3 Å². The van der Waals surface area contributed by atoms with Crippen LogP contribution in [0.4, 0.5) is 5.00 Å². The van der Waals surface area contributed by atoms with Crippen LogP contribution in [-0.2, 0) is 16.0 Å². The van der Waals surface area contributed by atoms with Gasteiger partial charge in [-0.2, -0.15) is 0 Å². The lowest BCUT2D eigenvalue weighted by Crippen LogP contribution is -2.21. The number of rotatable bonds is 8. The van der Waals surface area contributed by atoms with Gasteiger partial charge >= 0.3 is 11.9 Å². The number of carbonyl (C=O) groups is 3. The highest BCUT2D eigenvalue weighted by Gasteiger charge is 2.30. The Bertz CT molecular complexity index is 1430. The van der Waals surface area contributed by atoms with E-state index in [1.54, 1.807) is 20.8 Å². The monoisotopic (exact) mass is 560 g/mol. The Morgan fingerprint density at radius 3 is 2.42 bits per heavy atom. The fourth-order valence-corrected chi connectivity index (χ4v) is 6.74. The second-order valence-corrected chi connectivity index (χ2v) is 11.6. The lowest BCUT2D eigenvalue weighted by Gasteiger charge is -2.21. The van der Waals surface area contributed by atoms with E-state index in [0.717, 1.165) is 54.8 Å². The maximum Gasteiger partial charge on any atom is 0.348 e. The zero-order valence-electron chi connectivity index (χ0n) is 22.2. The van der Waals surface area contributed by atoms with E-state index in [0.29, 0.717) is 38.6 Å². The van der Waals surface area contributed by atoms with Gasteiger partial charge in [-0.1, -0.05) is 6.42 Å². The third kappa shape index (κ3) is 5.82. The topological polar surface area (TPSA) is 131 Å². The maximum absolute atomic E-state index is 13.4. The third-order valence-electron chi connectivity index (χ3n) is 6.39. The number of hydrogen-bond donors (Lipinski definition) is 2. The second kappa shape index (κ2) is 11.7. The number of nitrogens with one attached hydrogen (secondary N) is 2. The summed E-state index contributed by atoms with van der Waals surface area (Å²) in [5.41, 5.74) is 0.718. The number of H-pyrrole nitrogens is 1. The number of fused-ring (bicyclic) bond motifs is 1. The number of aryl methyl sites for hydroxylation is 1. The van der Waals surface area contributed by atoms with Gasteiger partial charge in [-0.05, 0) is 71.7 Å². The quantitative estimate of drug-likeness (QED) is 0.381. The highest BCUT2D eigenvalue weighted by molar-refractivity contribution is 7.21. The van der Waals surface area contributed by atoms with Crippen molar-refractivity contribution in [2.24, 2.45) is 0 Å². The molecule has 3 heterocycles. The first-order chi connectivity index (χ1) is 18.1. The first kappa shape index (κ1) is 27.9. The molecule has 1 fully saturated rings. The SMILES string of the molecule is CCOC(=O)c1c(NC(=O)c2sc3nc(CN(C)C)[nH]c(=O)c3c2C)sc(C(=O)OC2CCCCC2)c1C. The van der Waals surface area contributed by atoms with E-state index >= 15 is 0 Å². The van der Waals surface area contributed by atoms with Crippen molar-refractivity contribution in [3.8, 4) is 0 Å². The largest absolute Gasteiger partial charge is 0.462 e. The summed E-state index contributed by atoms with van der Waals surface area (Å²) in [5, 5.41) is 3.34. The van der Waals surface area contributed by atoms with Crippen LogP contribution in [0.5, 0.6) is 0 Å². The van der Waals surface area contributed by atoms with E-state index in [-0.39, 0.29) is 33.7 Å². The molecule has 0 atom stereocenters. The molecule has 3 aromatic rings. The molecule has 3 aromatic heterocycles. The molecule has 1 amide bonds. The number of aromatic nitrogens is 2. The summed E-state index contributed by atoms with van der Waals surface area (Å²) in [7, 11) is 3.73. The maximum atomic E-state index is 13.4. The molecule has 0 radical (unpaired) electrons. The normalized spacial score (nSPS) is 14.2. The first-order valence-electron chi connectivity index (χ1n) is 12.6. The lowest BCUT2D eigenvalue weighted by atomic mass is 9.98. The molecule has 2 N–H and O–H groups in total. The predicted octanol–water partition coefficient (Wildman–Crippen LogP) is 4.64. The Balaban J connectivity index is 1.67. The molecule has 12 heteroatoms. The van der Waals surface area contributed by atoms with Crippen LogP contribution in [0.2, 0.25) is 0 Å². The molecule has 0 unspecified atom stereocenters. The summed E-state index contributed by atoms with van der Waals surface area (Å²) < 4.78 is 10.9. The molecule has 4 rings (SSSR count). The number of esters is 2. The molecule has 1 saturated carbocycles. The highest BCUT2D eigenvalue weighted by Crippen LogP contribution is 2.36. The molecule has 10 nitrogen and oxygen atoms in total. The van der Waals surface area contributed by atoms with Crippen LogP contribution in [-0.4, -0.2) is 59.5 Å². The number of nitrogens with zero attached hydrogens (tertiary/aromatic N) is 2. The van der Waals surface area contributed by atoms with Gasteiger partial charge in [0.25, 0.3) is 11.5 Å². The number of ether oxygens (including phenoxy) is 2. The molecular weight excluding hydrogens is 528 g/mol. The van der Waals surface area contributed by atoms with E-state index in [9.17, 15) is 19.2 Å². The van der Waals surface area contributed by atoms with Crippen molar-refractivity contribution in [1.82, 2.24) is 14.9 Å². The number of amides is 1. The molecular formula is C26H32N4O6S2. The molecule has 0 aliphatic heterocycles. The number of hydrogen-bond acceptors (Lipinski definition) is 10. The summed E-state index contributed by atoms with van der Waals surface area (Å²) in [6, 6.07) is 0. The van der Waals surface area contributed by atoms with Crippen LogP contribution in [0.1, 0.15) is 85.7 Å². The molecule has 1 aliphatic rings. The number of aromatic amines is 1. The van der Waals surface area contributed by atoms with Crippen LogP contribution in [0.3, 0.4) is 0 Å². The number of carbonyl (C=O) groups excluding carboxylic acids is 3. The van der Waals surface area contributed by atoms with Crippen LogP contribution < -0.4 is 10.9 Å². The molecule has 0 spiro atoms. The van der Waals surface area contributed by atoms with Crippen molar-refractivity contribution in [2.45, 2.75) is 65.5 Å². The van der Waals surface area contributed by atoms with Crippen LogP contribution in [0.25, 0.3) is 10.2 Å². The lowest BCUT2D eigenvalue weighted by molar-refractivity contribution is 0.0216. The minimum absolute atomic E-state index is 0.129. The molecule has 38 heavy (non-hydrogen) atoms. The van der Waals surface area contributed by atoms with Gasteiger partial charge in [-0.15, -0.1) is 22.7 Å². The predicted molar refractivity (Wildman–Crippen MR) is 148 cm³/mol. The zero-order valence-corrected chi connectivity index (χ0v) is 23.8. The fraction of sp³-hybridized carbons (Fsp3) is 0.500. The Morgan fingerprint density at radius 2 is 1.76 bits per heavy atom. The number of thiophene rings is 2. The fourth-order valence-electron chi connectivity index (χ4n) is 4.57. The van der Waals surface area contributed by atoms with Crippen molar-refractivity contribution in [2.75, 3.05) is 26.0 Å². The third-order valence-corrected chi connectivity index (χ3v) is 8.76. The molecule has 1 aliphatic carbocycles. The van der Waals surface area contributed by atoms with Crippen molar-refractivity contribution < 1.29 is 23.9 Å². The van der Waals surface area contributed by atoms with Crippen LogP contribution >= 0.6 is 22.7 Å². The van der Waals surface area contributed by atoms with Crippen molar-refractivity contribution in [3.05, 3.63) is 42.6 Å². The van der Waals surface area contributed by atoms with Crippen molar-refractivity contribution >= 4 is 55.7 Å². The molecule has 0 bridgehead atoms. The average Bonchev–Trinajstić information content (AvgIpc) is 3.36. The zero-order chi connectivity index (χ0) is 27.6. The Morgan fingerprint density at radius 1 is 1.05 bits per heavy atom. The van der Waals surface area contributed by atoms with E-state index in [1.165, 1.54) is 0 Å². The van der Waals surface area contributed by atoms with Gasteiger partial charge in [0.15, 0.2) is 0 Å². The highest BCUT2D eigenvalue weighted by atomic mass is 32.1. The summed E-state index contributed by atoms with van der Waals surface area (Å²) in [6.07, 6.45) is 4.65. The van der Waals surface area contributed by atoms with E-state index in [1.807, 2.05) is 19.0 Å². The van der Waals surface area contributed by atoms with Crippen LogP contribution in [0.15, 0.2) is 4.79 Å². The van der Waals surface area contributed by atoms with Gasteiger partial charge in [0.05, 0.1) is 29.0 Å². The summed E-state index contributed by atoms with van der Waals surface area (Å²) in [6.45, 7) is 5.61. The van der Waals surface area contributed by atoms with Gasteiger partial charge in [0, 0.05) is 0 Å². The summed E-state index contributed by atoms with van der Waals surface area (Å²) in [4.78, 5) is 62.2. The van der Waals surface area contributed by atoms with E-state index < -0.39 is 17.8 Å². The van der Waals surface area contributed by atoms with E-state index in [4.69, 9.17) is 9.47 Å². The van der Waals surface area contributed by atoms with Gasteiger partial charge in [0.1, 0.15) is 26.6 Å². The van der Waals surface area contributed by atoms with Crippen molar-refractivity contribution in [1.29, 1.82) is 0 Å². The van der Waals surface area contributed by atoms with Gasteiger partial charge in [-0.3, -0.25) is 9.59 Å². The van der Waals surface area contributed by atoms with Crippen LogP contribution in [0, 0.1) is 13.8 Å². The molecule has 0 saturated heterocycles. The summed E-state index contributed by atoms with van der Waals surface area (Å²) in [5.74, 6) is -1.14. The smallest absolute Gasteiger partial charge is 0.348 e. The van der Waals surface area contributed by atoms with Gasteiger partial charge < -0.3 is 24.7 Å². The minimum atomic E-state index is -0.632. The first-order valence-corrected chi connectivity index (χ1v) is 14.2.